The maximum Gasteiger partial charge on any atom is 0.224 e. The highest BCUT2D eigenvalue weighted by Gasteiger charge is 2.17. The molecule has 0 aliphatic rings. The number of unbranched alkanes of at least 4 members (excludes halogenated alkanes) is 1. The summed E-state index contributed by atoms with van der Waals surface area (Å²) < 4.78 is 23.6. The zero-order valence-corrected chi connectivity index (χ0v) is 10.1. The molecular weight excluding hydrogens is 265 g/mol. The first kappa shape index (κ1) is 12.7. The number of nitrogens with zero attached hydrogens (tertiary/aromatic N) is 1. The third-order valence-corrected chi connectivity index (χ3v) is 4.92. The van der Waals surface area contributed by atoms with Crippen molar-refractivity contribution in [3.05, 3.63) is 0 Å². The molecule has 0 fully saturated rings. The summed E-state index contributed by atoms with van der Waals surface area (Å²) in [7, 11) is -3.16. The number of alkyl halides is 1. The van der Waals surface area contributed by atoms with E-state index < -0.39 is 10.0 Å². The molecule has 3 nitrogen and oxygen atoms in total. The maximum absolute atomic E-state index is 11.2. The first-order valence-electron chi connectivity index (χ1n) is 3.76. The van der Waals surface area contributed by atoms with Gasteiger partial charge in [-0.05, 0) is 6.42 Å². The van der Waals surface area contributed by atoms with E-state index in [9.17, 15) is 8.42 Å². The van der Waals surface area contributed by atoms with Crippen LogP contribution in [0.5, 0.6) is 0 Å². The molecule has 0 aromatic rings. The molecular formula is C6H13BrClNO2S. The van der Waals surface area contributed by atoms with Crippen molar-refractivity contribution in [2.24, 2.45) is 0 Å². The van der Waals surface area contributed by atoms with E-state index in [0.717, 1.165) is 12.8 Å². The van der Waals surface area contributed by atoms with Gasteiger partial charge in [-0.3, -0.25) is 0 Å². The van der Waals surface area contributed by atoms with Crippen molar-refractivity contribution < 1.29 is 8.42 Å². The van der Waals surface area contributed by atoms with Crippen LogP contribution in [0.1, 0.15) is 19.8 Å². The highest BCUT2D eigenvalue weighted by molar-refractivity contribution is 9.08. The minimum atomic E-state index is -3.16. The Morgan fingerprint density at radius 2 is 2.08 bits per heavy atom. The Bertz CT molecular complexity index is 208. The highest BCUT2D eigenvalue weighted by Crippen LogP contribution is 2.09. The molecule has 74 valence electrons. The fraction of sp³-hybridized carbons (Fsp3) is 1.00. The van der Waals surface area contributed by atoms with Crippen molar-refractivity contribution in [3.8, 4) is 0 Å². The summed E-state index contributed by atoms with van der Waals surface area (Å²) >= 11 is 8.33. The van der Waals surface area contributed by atoms with Crippen LogP contribution >= 0.6 is 27.7 Å². The van der Waals surface area contributed by atoms with Crippen LogP contribution < -0.4 is 0 Å². The van der Waals surface area contributed by atoms with Gasteiger partial charge in [0.25, 0.3) is 0 Å². The quantitative estimate of drug-likeness (QED) is 0.550. The summed E-state index contributed by atoms with van der Waals surface area (Å²) in [5.41, 5.74) is 0. The standard InChI is InChI=1S/C6H13BrClNO2S/c1-2-3-5-9(7)12(10,11)6-4-8/h2-6H2,1H3. The van der Waals surface area contributed by atoms with Crippen molar-refractivity contribution in [2.75, 3.05) is 18.2 Å². The van der Waals surface area contributed by atoms with Gasteiger partial charge in [0.05, 0.1) is 5.75 Å². The molecule has 12 heavy (non-hydrogen) atoms. The molecule has 6 heteroatoms. The zero-order chi connectivity index (χ0) is 9.61. The van der Waals surface area contributed by atoms with Gasteiger partial charge in [-0.1, -0.05) is 13.3 Å². The van der Waals surface area contributed by atoms with Gasteiger partial charge in [0, 0.05) is 28.6 Å². The summed E-state index contributed by atoms with van der Waals surface area (Å²) in [4.78, 5) is 0. The number of halogens is 2. The maximum atomic E-state index is 11.2. The van der Waals surface area contributed by atoms with E-state index in [2.05, 4.69) is 16.1 Å². The third-order valence-electron chi connectivity index (χ3n) is 1.32. The molecule has 0 amide bonds. The predicted molar refractivity (Wildman–Crippen MR) is 55.0 cm³/mol. The number of hydrogen-bond acceptors (Lipinski definition) is 2. The van der Waals surface area contributed by atoms with Crippen molar-refractivity contribution in [1.82, 2.24) is 3.33 Å². The van der Waals surface area contributed by atoms with Crippen molar-refractivity contribution >= 4 is 37.8 Å². The lowest BCUT2D eigenvalue weighted by Crippen LogP contribution is -2.25. The lowest BCUT2D eigenvalue weighted by Gasteiger charge is -2.12. The zero-order valence-electron chi connectivity index (χ0n) is 6.96. The van der Waals surface area contributed by atoms with Gasteiger partial charge in [-0.2, -0.15) is 0 Å². The second-order valence-corrected chi connectivity index (χ2v) is 6.09. The average Bonchev–Trinajstić information content (AvgIpc) is 2.00. The molecule has 0 bridgehead atoms. The molecule has 0 spiro atoms. The molecule has 0 aliphatic heterocycles. The Morgan fingerprint density at radius 1 is 1.50 bits per heavy atom. The lowest BCUT2D eigenvalue weighted by molar-refractivity contribution is 0.540. The van der Waals surface area contributed by atoms with Crippen LogP contribution in [0, 0.1) is 0 Å². The molecule has 0 rings (SSSR count). The van der Waals surface area contributed by atoms with E-state index in [1.165, 1.54) is 3.33 Å². The van der Waals surface area contributed by atoms with Crippen molar-refractivity contribution in [3.63, 3.8) is 0 Å². The Kier molecular flexibility index (Phi) is 6.53. The van der Waals surface area contributed by atoms with E-state index >= 15 is 0 Å². The smallest absolute Gasteiger partial charge is 0.211 e. The third kappa shape index (κ3) is 4.64. The normalized spacial score (nSPS) is 12.3. The molecule has 0 saturated heterocycles. The fourth-order valence-electron chi connectivity index (χ4n) is 0.618. The SMILES string of the molecule is CCCCN(Br)S(=O)(=O)CCCl. The number of rotatable bonds is 6. The van der Waals surface area contributed by atoms with Crippen LogP contribution in [-0.4, -0.2) is 29.9 Å². The molecule has 0 atom stereocenters. The predicted octanol–water partition coefficient (Wildman–Crippen LogP) is 1.97. The van der Waals surface area contributed by atoms with Gasteiger partial charge in [-0.25, -0.2) is 8.42 Å². The van der Waals surface area contributed by atoms with Crippen molar-refractivity contribution in [2.45, 2.75) is 19.8 Å². The number of hydrogen-bond donors (Lipinski definition) is 0. The molecule has 0 aromatic carbocycles. The van der Waals surface area contributed by atoms with Gasteiger partial charge >= 0.3 is 0 Å². The molecule has 0 N–H and O–H groups in total. The van der Waals surface area contributed by atoms with Gasteiger partial charge in [0.15, 0.2) is 0 Å². The average molecular weight is 279 g/mol. The van der Waals surface area contributed by atoms with Crippen LogP contribution in [0.4, 0.5) is 0 Å². The van der Waals surface area contributed by atoms with Crippen LogP contribution in [0.2, 0.25) is 0 Å². The Balaban J connectivity index is 3.98. The topological polar surface area (TPSA) is 37.4 Å². The highest BCUT2D eigenvalue weighted by atomic mass is 79.9. The molecule has 0 aromatic heterocycles. The van der Waals surface area contributed by atoms with Crippen LogP contribution in [0.3, 0.4) is 0 Å². The molecule has 0 radical (unpaired) electrons. The minimum Gasteiger partial charge on any atom is -0.211 e. The van der Waals surface area contributed by atoms with Crippen LogP contribution in [0.25, 0.3) is 0 Å². The first-order valence-corrected chi connectivity index (χ1v) is 6.62. The second kappa shape index (κ2) is 6.18. The Hall–Kier alpha value is 0.680. The van der Waals surface area contributed by atoms with Gasteiger partial charge in [-0.15, -0.1) is 14.9 Å². The lowest BCUT2D eigenvalue weighted by atomic mass is 10.3. The number of sulfonamides is 1. The summed E-state index contributed by atoms with van der Waals surface area (Å²) in [5.74, 6) is 0.125. The minimum absolute atomic E-state index is 0.0104. The van der Waals surface area contributed by atoms with Gasteiger partial charge in [0.2, 0.25) is 10.0 Å². The van der Waals surface area contributed by atoms with E-state index in [0.29, 0.717) is 6.54 Å². The summed E-state index contributed by atoms with van der Waals surface area (Å²) in [6.07, 6.45) is 1.82. The summed E-state index contributed by atoms with van der Waals surface area (Å²) in [6.45, 7) is 2.52. The van der Waals surface area contributed by atoms with Crippen molar-refractivity contribution in [1.29, 1.82) is 0 Å². The molecule has 0 heterocycles. The summed E-state index contributed by atoms with van der Waals surface area (Å²) in [6, 6.07) is 0. The molecule has 0 saturated carbocycles. The van der Waals surface area contributed by atoms with E-state index in [1.54, 1.807) is 0 Å². The fourth-order valence-corrected chi connectivity index (χ4v) is 2.69. The Labute approximate surface area is 87.5 Å². The van der Waals surface area contributed by atoms with E-state index in [1.807, 2.05) is 6.92 Å². The molecule has 0 unspecified atom stereocenters. The van der Waals surface area contributed by atoms with Crippen LogP contribution in [-0.2, 0) is 10.0 Å². The largest absolute Gasteiger partial charge is 0.224 e. The van der Waals surface area contributed by atoms with Crippen LogP contribution in [0.15, 0.2) is 0 Å². The van der Waals surface area contributed by atoms with E-state index in [-0.39, 0.29) is 11.6 Å². The molecule has 0 aliphatic carbocycles. The van der Waals surface area contributed by atoms with Gasteiger partial charge in [0.1, 0.15) is 0 Å². The summed E-state index contributed by atoms with van der Waals surface area (Å²) in [5, 5.41) is 0. The monoisotopic (exact) mass is 277 g/mol. The van der Waals surface area contributed by atoms with Gasteiger partial charge < -0.3 is 0 Å². The first-order chi connectivity index (χ1) is 5.54. The Morgan fingerprint density at radius 3 is 2.50 bits per heavy atom. The van der Waals surface area contributed by atoms with E-state index in [4.69, 9.17) is 11.6 Å². The second-order valence-electron chi connectivity index (χ2n) is 2.37.